The van der Waals surface area contributed by atoms with Gasteiger partial charge in [-0.3, -0.25) is 4.79 Å². The van der Waals surface area contributed by atoms with Crippen LogP contribution in [0.2, 0.25) is 0 Å². The fourth-order valence-corrected chi connectivity index (χ4v) is 5.02. The molecule has 110 valence electrons. The summed E-state index contributed by atoms with van der Waals surface area (Å²) in [5.41, 5.74) is 3.55. The molecule has 21 heavy (non-hydrogen) atoms. The highest BCUT2D eigenvalue weighted by molar-refractivity contribution is 7.16. The second-order valence-corrected chi connectivity index (χ2v) is 7.52. The van der Waals surface area contributed by atoms with Gasteiger partial charge in [-0.2, -0.15) is 0 Å². The van der Waals surface area contributed by atoms with Gasteiger partial charge in [0.25, 0.3) is 5.91 Å². The smallest absolute Gasteiger partial charge is 0.251 e. The molecule has 0 radical (unpaired) electrons. The summed E-state index contributed by atoms with van der Waals surface area (Å²) in [7, 11) is 0. The van der Waals surface area contributed by atoms with E-state index in [1.54, 1.807) is 11.3 Å². The minimum absolute atomic E-state index is 0.0561. The Labute approximate surface area is 128 Å². The lowest BCUT2D eigenvalue weighted by Crippen LogP contribution is -2.40. The molecule has 0 aliphatic heterocycles. The van der Waals surface area contributed by atoms with E-state index in [9.17, 15) is 4.79 Å². The topological polar surface area (TPSA) is 42.0 Å². The van der Waals surface area contributed by atoms with Gasteiger partial charge in [0.15, 0.2) is 0 Å². The molecular weight excluding hydrogens is 280 g/mol. The van der Waals surface area contributed by atoms with Gasteiger partial charge in [0, 0.05) is 11.6 Å². The zero-order valence-electron chi connectivity index (χ0n) is 12.2. The molecule has 0 spiro atoms. The van der Waals surface area contributed by atoms with Gasteiger partial charge < -0.3 is 5.32 Å². The van der Waals surface area contributed by atoms with Crippen LogP contribution in [-0.2, 0) is 0 Å². The monoisotopic (exact) mass is 300 g/mol. The molecule has 1 aromatic heterocycles. The average Bonchev–Trinajstić information content (AvgIpc) is 3.21. The van der Waals surface area contributed by atoms with Crippen molar-refractivity contribution < 1.29 is 4.79 Å². The van der Waals surface area contributed by atoms with E-state index in [0.29, 0.717) is 5.92 Å². The molecular formula is C17H20N2OS. The van der Waals surface area contributed by atoms with Crippen molar-refractivity contribution >= 4 is 27.5 Å². The molecule has 2 aromatic rings. The number of hydrogen-bond donors (Lipinski definition) is 1. The Balaban J connectivity index is 1.47. The lowest BCUT2D eigenvalue weighted by molar-refractivity contribution is 0.0915. The van der Waals surface area contributed by atoms with Crippen LogP contribution in [0.4, 0.5) is 0 Å². The quantitative estimate of drug-likeness (QED) is 0.935. The largest absolute Gasteiger partial charge is 0.349 e. The van der Waals surface area contributed by atoms with Crippen molar-refractivity contribution in [1.82, 2.24) is 10.3 Å². The molecule has 4 heteroatoms. The molecule has 1 N–H and O–H groups in total. The SMILES string of the molecule is C[C@H](NC(=O)c1ccc2ncsc2c1)[C@@H]1C[C@H]2CC[C@H]1C2. The van der Waals surface area contributed by atoms with E-state index in [1.807, 2.05) is 23.7 Å². The van der Waals surface area contributed by atoms with Crippen LogP contribution in [0.25, 0.3) is 10.2 Å². The number of nitrogens with zero attached hydrogens (tertiary/aromatic N) is 1. The van der Waals surface area contributed by atoms with Gasteiger partial charge in [0.05, 0.1) is 15.7 Å². The molecule has 0 unspecified atom stereocenters. The standard InChI is InChI=1S/C17H20N2OS/c1-10(14-7-11-2-3-12(14)6-11)19-17(20)13-4-5-15-16(8-13)21-9-18-15/h4-5,8-12,14H,2-3,6-7H2,1H3,(H,19,20)/t10-,11-,12-,14-/m0/s1. The third kappa shape index (κ3) is 2.35. The molecule has 2 saturated carbocycles. The number of rotatable bonds is 3. The van der Waals surface area contributed by atoms with Crippen LogP contribution in [-0.4, -0.2) is 16.9 Å². The zero-order chi connectivity index (χ0) is 14.4. The molecule has 1 heterocycles. The Morgan fingerprint density at radius 3 is 3.05 bits per heavy atom. The van der Waals surface area contributed by atoms with Crippen molar-refractivity contribution in [2.24, 2.45) is 17.8 Å². The summed E-state index contributed by atoms with van der Waals surface area (Å²) < 4.78 is 1.08. The molecule has 4 atom stereocenters. The Bertz CT molecular complexity index is 680. The molecule has 2 bridgehead atoms. The molecule has 2 fully saturated rings. The van der Waals surface area contributed by atoms with Crippen LogP contribution in [0.1, 0.15) is 43.0 Å². The van der Waals surface area contributed by atoms with Gasteiger partial charge in [-0.25, -0.2) is 4.98 Å². The van der Waals surface area contributed by atoms with E-state index in [0.717, 1.165) is 27.6 Å². The second kappa shape index (κ2) is 5.09. The second-order valence-electron chi connectivity index (χ2n) is 6.64. The molecule has 2 aliphatic rings. The normalized spacial score (nSPS) is 28.9. The van der Waals surface area contributed by atoms with Crippen molar-refractivity contribution in [1.29, 1.82) is 0 Å². The van der Waals surface area contributed by atoms with Crippen LogP contribution in [0.15, 0.2) is 23.7 Å². The first kappa shape index (κ1) is 13.3. The predicted molar refractivity (Wildman–Crippen MR) is 85.5 cm³/mol. The molecule has 0 saturated heterocycles. The van der Waals surface area contributed by atoms with Crippen molar-refractivity contribution in [3.05, 3.63) is 29.3 Å². The van der Waals surface area contributed by atoms with E-state index in [2.05, 4.69) is 17.2 Å². The lowest BCUT2D eigenvalue weighted by Gasteiger charge is -2.28. The van der Waals surface area contributed by atoms with E-state index >= 15 is 0 Å². The minimum Gasteiger partial charge on any atom is -0.349 e. The summed E-state index contributed by atoms with van der Waals surface area (Å²) in [4.78, 5) is 16.7. The number of amides is 1. The number of thiazole rings is 1. The van der Waals surface area contributed by atoms with E-state index < -0.39 is 0 Å². The highest BCUT2D eigenvalue weighted by Crippen LogP contribution is 2.49. The Morgan fingerprint density at radius 2 is 2.29 bits per heavy atom. The van der Waals surface area contributed by atoms with Crippen molar-refractivity contribution in [3.8, 4) is 0 Å². The number of hydrogen-bond acceptors (Lipinski definition) is 3. The van der Waals surface area contributed by atoms with E-state index in [1.165, 1.54) is 25.7 Å². The highest BCUT2D eigenvalue weighted by Gasteiger charge is 2.42. The van der Waals surface area contributed by atoms with Gasteiger partial charge in [-0.15, -0.1) is 11.3 Å². The van der Waals surface area contributed by atoms with Gasteiger partial charge in [0.1, 0.15) is 0 Å². The van der Waals surface area contributed by atoms with Crippen molar-refractivity contribution in [3.63, 3.8) is 0 Å². The maximum absolute atomic E-state index is 12.5. The first-order chi connectivity index (χ1) is 10.2. The Morgan fingerprint density at radius 1 is 1.38 bits per heavy atom. The van der Waals surface area contributed by atoms with Crippen LogP contribution < -0.4 is 5.32 Å². The van der Waals surface area contributed by atoms with E-state index in [-0.39, 0.29) is 11.9 Å². The number of fused-ring (bicyclic) bond motifs is 3. The van der Waals surface area contributed by atoms with Crippen molar-refractivity contribution in [2.45, 2.75) is 38.6 Å². The van der Waals surface area contributed by atoms with Gasteiger partial charge in [0.2, 0.25) is 0 Å². The van der Waals surface area contributed by atoms with Crippen molar-refractivity contribution in [2.75, 3.05) is 0 Å². The number of carbonyl (C=O) groups is 1. The Hall–Kier alpha value is -1.42. The summed E-state index contributed by atoms with van der Waals surface area (Å²) in [6.45, 7) is 2.18. The van der Waals surface area contributed by atoms with Gasteiger partial charge in [-0.05, 0) is 62.1 Å². The van der Waals surface area contributed by atoms with E-state index in [4.69, 9.17) is 0 Å². The summed E-state index contributed by atoms with van der Waals surface area (Å²) in [5.74, 6) is 2.50. The number of aromatic nitrogens is 1. The fourth-order valence-electron chi connectivity index (χ4n) is 4.30. The molecule has 1 amide bonds. The number of carbonyl (C=O) groups excluding carboxylic acids is 1. The van der Waals surface area contributed by atoms with Gasteiger partial charge >= 0.3 is 0 Å². The zero-order valence-corrected chi connectivity index (χ0v) is 13.0. The fraction of sp³-hybridized carbons (Fsp3) is 0.529. The van der Waals surface area contributed by atoms with Gasteiger partial charge in [-0.1, -0.05) is 6.42 Å². The van der Waals surface area contributed by atoms with Crippen LogP contribution in [0.5, 0.6) is 0 Å². The third-order valence-electron chi connectivity index (χ3n) is 5.39. The number of nitrogens with one attached hydrogen (secondary N) is 1. The highest BCUT2D eigenvalue weighted by atomic mass is 32.1. The maximum Gasteiger partial charge on any atom is 0.251 e. The van der Waals surface area contributed by atoms with Crippen LogP contribution in [0, 0.1) is 17.8 Å². The summed E-state index contributed by atoms with van der Waals surface area (Å²) in [6, 6.07) is 6.05. The Kier molecular flexibility index (Phi) is 3.21. The molecule has 2 aliphatic carbocycles. The summed E-state index contributed by atoms with van der Waals surface area (Å²) >= 11 is 1.58. The first-order valence-electron chi connectivity index (χ1n) is 7.85. The third-order valence-corrected chi connectivity index (χ3v) is 6.18. The van der Waals surface area contributed by atoms with Crippen LogP contribution >= 0.6 is 11.3 Å². The molecule has 3 nitrogen and oxygen atoms in total. The maximum atomic E-state index is 12.5. The molecule has 1 aromatic carbocycles. The predicted octanol–water partition coefficient (Wildman–Crippen LogP) is 3.85. The summed E-state index contributed by atoms with van der Waals surface area (Å²) in [5, 5.41) is 3.23. The minimum atomic E-state index is 0.0561. The average molecular weight is 300 g/mol. The molecule has 4 rings (SSSR count). The van der Waals surface area contributed by atoms with Crippen LogP contribution in [0.3, 0.4) is 0 Å². The number of benzene rings is 1. The first-order valence-corrected chi connectivity index (χ1v) is 8.73. The lowest BCUT2D eigenvalue weighted by atomic mass is 9.84. The summed E-state index contributed by atoms with van der Waals surface area (Å²) in [6.07, 6.45) is 5.46.